The number of benzene rings is 1. The largest absolute Gasteiger partial charge is 0.481 e. The van der Waals surface area contributed by atoms with Crippen LogP contribution in [0.15, 0.2) is 47.0 Å². The minimum atomic E-state index is 0.510. The maximum absolute atomic E-state index is 5.25. The smallest absolute Gasteiger partial charge is 0.213 e. The van der Waals surface area contributed by atoms with E-state index in [0.29, 0.717) is 11.8 Å². The predicted octanol–water partition coefficient (Wildman–Crippen LogP) is 3.97. The molecule has 0 aliphatic rings. The Kier molecular flexibility index (Phi) is 4.77. The Labute approximate surface area is 97.7 Å². The van der Waals surface area contributed by atoms with Crippen molar-refractivity contribution >= 4 is 11.6 Å². The number of ether oxygens (including phenoxy) is 1. The average Bonchev–Trinajstić information content (AvgIpc) is 2.29. The minimum absolute atomic E-state index is 0.510. The van der Waals surface area contributed by atoms with Crippen LogP contribution in [0.2, 0.25) is 0 Å². The second-order valence-electron chi connectivity index (χ2n) is 4.03. The van der Waals surface area contributed by atoms with Crippen LogP contribution in [0.1, 0.15) is 20.8 Å². The van der Waals surface area contributed by atoms with Crippen LogP contribution in [0, 0.1) is 5.92 Å². The molecule has 1 rings (SSSR count). The van der Waals surface area contributed by atoms with E-state index in [-0.39, 0.29) is 0 Å². The van der Waals surface area contributed by atoms with E-state index in [0.717, 1.165) is 5.69 Å². The molecule has 1 aromatic carbocycles. The van der Waals surface area contributed by atoms with Gasteiger partial charge in [-0.1, -0.05) is 37.6 Å². The van der Waals surface area contributed by atoms with Crippen molar-refractivity contribution in [3.63, 3.8) is 0 Å². The maximum Gasteiger partial charge on any atom is 0.213 e. The SMILES string of the molecule is COC(/C=C(\C)C(C)C)=Nc1ccccc1. The lowest BCUT2D eigenvalue weighted by Crippen LogP contribution is -2.00. The fourth-order valence-corrected chi connectivity index (χ4v) is 1.13. The lowest BCUT2D eigenvalue weighted by atomic mass is 10.1. The fraction of sp³-hybridized carbons (Fsp3) is 0.357. The van der Waals surface area contributed by atoms with E-state index >= 15 is 0 Å². The van der Waals surface area contributed by atoms with E-state index < -0.39 is 0 Å². The summed E-state index contributed by atoms with van der Waals surface area (Å²) in [4.78, 5) is 4.42. The van der Waals surface area contributed by atoms with Crippen molar-refractivity contribution in [2.45, 2.75) is 20.8 Å². The Morgan fingerprint density at radius 2 is 1.88 bits per heavy atom. The van der Waals surface area contributed by atoms with Crippen molar-refractivity contribution in [3.05, 3.63) is 42.0 Å². The molecule has 1 aromatic rings. The Bertz CT molecular complexity index is 377. The van der Waals surface area contributed by atoms with Crippen LogP contribution in [0.25, 0.3) is 0 Å². The highest BCUT2D eigenvalue weighted by atomic mass is 16.5. The third-order valence-electron chi connectivity index (χ3n) is 2.47. The molecule has 0 radical (unpaired) electrons. The third kappa shape index (κ3) is 3.89. The molecule has 0 bridgehead atoms. The highest BCUT2D eigenvalue weighted by Gasteiger charge is 2.00. The average molecular weight is 217 g/mol. The highest BCUT2D eigenvalue weighted by Crippen LogP contribution is 2.13. The van der Waals surface area contributed by atoms with Crippen LogP contribution in [0.5, 0.6) is 0 Å². The second-order valence-corrected chi connectivity index (χ2v) is 4.03. The quantitative estimate of drug-likeness (QED) is 0.554. The van der Waals surface area contributed by atoms with Crippen molar-refractivity contribution in [3.8, 4) is 0 Å². The number of para-hydroxylation sites is 1. The first-order valence-corrected chi connectivity index (χ1v) is 5.49. The second kappa shape index (κ2) is 6.11. The van der Waals surface area contributed by atoms with Gasteiger partial charge in [0.25, 0.3) is 0 Å². The first-order chi connectivity index (χ1) is 7.63. The molecule has 0 aliphatic carbocycles. The van der Waals surface area contributed by atoms with Crippen molar-refractivity contribution in [1.29, 1.82) is 0 Å². The molecule has 0 N–H and O–H groups in total. The number of methoxy groups -OCH3 is 1. The van der Waals surface area contributed by atoms with Crippen LogP contribution in [-0.4, -0.2) is 13.0 Å². The summed E-state index contributed by atoms with van der Waals surface area (Å²) in [6.45, 7) is 6.40. The van der Waals surface area contributed by atoms with Gasteiger partial charge in [0, 0.05) is 0 Å². The van der Waals surface area contributed by atoms with E-state index in [1.54, 1.807) is 7.11 Å². The number of hydrogen-bond donors (Lipinski definition) is 0. The van der Waals surface area contributed by atoms with Gasteiger partial charge < -0.3 is 4.74 Å². The highest BCUT2D eigenvalue weighted by molar-refractivity contribution is 5.90. The van der Waals surface area contributed by atoms with Gasteiger partial charge >= 0.3 is 0 Å². The monoisotopic (exact) mass is 217 g/mol. The van der Waals surface area contributed by atoms with Crippen LogP contribution in [0.3, 0.4) is 0 Å². The summed E-state index contributed by atoms with van der Waals surface area (Å²) in [6, 6.07) is 9.81. The van der Waals surface area contributed by atoms with Gasteiger partial charge in [-0.3, -0.25) is 0 Å². The molecule has 2 heteroatoms. The third-order valence-corrected chi connectivity index (χ3v) is 2.47. The van der Waals surface area contributed by atoms with E-state index in [2.05, 4.69) is 25.8 Å². The summed E-state index contributed by atoms with van der Waals surface area (Å²) >= 11 is 0. The molecule has 0 heterocycles. The lowest BCUT2D eigenvalue weighted by molar-refractivity contribution is 0.406. The van der Waals surface area contributed by atoms with E-state index in [4.69, 9.17) is 4.74 Å². The van der Waals surface area contributed by atoms with Gasteiger partial charge in [0.1, 0.15) is 0 Å². The van der Waals surface area contributed by atoms with Gasteiger partial charge in [0.2, 0.25) is 5.90 Å². The molecule has 0 aliphatic heterocycles. The zero-order valence-corrected chi connectivity index (χ0v) is 10.4. The summed E-state index contributed by atoms with van der Waals surface area (Å²) in [5.74, 6) is 1.16. The fourth-order valence-electron chi connectivity index (χ4n) is 1.13. The Hall–Kier alpha value is -1.57. The van der Waals surface area contributed by atoms with Crippen molar-refractivity contribution in [2.75, 3.05) is 7.11 Å². The van der Waals surface area contributed by atoms with E-state index in [1.807, 2.05) is 36.4 Å². The summed E-state index contributed by atoms with van der Waals surface area (Å²) in [7, 11) is 1.64. The Balaban J connectivity index is 2.91. The van der Waals surface area contributed by atoms with E-state index in [1.165, 1.54) is 5.57 Å². The Morgan fingerprint density at radius 3 is 2.38 bits per heavy atom. The summed E-state index contributed by atoms with van der Waals surface area (Å²) in [5.41, 5.74) is 2.17. The van der Waals surface area contributed by atoms with Gasteiger partial charge in [-0.25, -0.2) is 4.99 Å². The van der Waals surface area contributed by atoms with Gasteiger partial charge in [-0.2, -0.15) is 0 Å². The standard InChI is InChI=1S/C14H19NO/c1-11(2)12(3)10-14(16-4)15-13-8-6-5-7-9-13/h5-11H,1-4H3/b12-10+,15-14?. The molecule has 16 heavy (non-hydrogen) atoms. The van der Waals surface area contributed by atoms with E-state index in [9.17, 15) is 0 Å². The maximum atomic E-state index is 5.25. The van der Waals surface area contributed by atoms with Gasteiger partial charge in [0.15, 0.2) is 0 Å². The molecular formula is C14H19NO. The lowest BCUT2D eigenvalue weighted by Gasteiger charge is -2.06. The Morgan fingerprint density at radius 1 is 1.25 bits per heavy atom. The number of nitrogens with zero attached hydrogens (tertiary/aromatic N) is 1. The van der Waals surface area contributed by atoms with Crippen LogP contribution < -0.4 is 0 Å². The van der Waals surface area contributed by atoms with Crippen LogP contribution in [0.4, 0.5) is 5.69 Å². The molecule has 0 unspecified atom stereocenters. The molecule has 2 nitrogen and oxygen atoms in total. The van der Waals surface area contributed by atoms with Crippen molar-refractivity contribution in [2.24, 2.45) is 10.9 Å². The molecule has 0 saturated carbocycles. The molecule has 0 atom stereocenters. The molecular weight excluding hydrogens is 198 g/mol. The first-order valence-electron chi connectivity index (χ1n) is 5.49. The predicted molar refractivity (Wildman–Crippen MR) is 69.1 cm³/mol. The molecule has 0 spiro atoms. The van der Waals surface area contributed by atoms with Crippen LogP contribution in [-0.2, 0) is 4.74 Å². The van der Waals surface area contributed by atoms with Gasteiger partial charge in [-0.15, -0.1) is 0 Å². The van der Waals surface area contributed by atoms with Gasteiger partial charge in [-0.05, 0) is 31.1 Å². The van der Waals surface area contributed by atoms with Crippen molar-refractivity contribution < 1.29 is 4.74 Å². The summed E-state index contributed by atoms with van der Waals surface area (Å²) in [6.07, 6.45) is 1.98. The minimum Gasteiger partial charge on any atom is -0.481 e. The number of rotatable bonds is 3. The van der Waals surface area contributed by atoms with Crippen LogP contribution >= 0.6 is 0 Å². The van der Waals surface area contributed by atoms with Crippen molar-refractivity contribution in [1.82, 2.24) is 0 Å². The summed E-state index contributed by atoms with van der Waals surface area (Å²) < 4.78 is 5.25. The summed E-state index contributed by atoms with van der Waals surface area (Å²) in [5, 5.41) is 0. The molecule has 0 fully saturated rings. The normalized spacial score (nSPS) is 13.1. The zero-order chi connectivity index (χ0) is 12.0. The number of allylic oxidation sites excluding steroid dienone is 1. The molecule has 0 aromatic heterocycles. The molecule has 86 valence electrons. The first kappa shape index (κ1) is 12.5. The topological polar surface area (TPSA) is 21.6 Å². The number of hydrogen-bond acceptors (Lipinski definition) is 2. The number of aliphatic imine (C=N–C) groups is 1. The molecule has 0 amide bonds. The van der Waals surface area contributed by atoms with Gasteiger partial charge in [0.05, 0.1) is 12.8 Å². The zero-order valence-electron chi connectivity index (χ0n) is 10.4. The molecule has 0 saturated heterocycles.